The van der Waals surface area contributed by atoms with E-state index in [2.05, 4.69) is 5.32 Å². The number of hydrogen-bond donors (Lipinski definition) is 1. The molecule has 0 bridgehead atoms. The van der Waals surface area contributed by atoms with Gasteiger partial charge >= 0.3 is 5.97 Å². The second-order valence-corrected chi connectivity index (χ2v) is 8.75. The van der Waals surface area contributed by atoms with Crippen molar-refractivity contribution in [3.05, 3.63) is 12.2 Å². The summed E-state index contributed by atoms with van der Waals surface area (Å²) < 4.78 is 34.6. The number of fused-ring (bicyclic) bond motifs is 3. The van der Waals surface area contributed by atoms with Gasteiger partial charge in [-0.2, -0.15) is 0 Å². The number of esters is 1. The zero-order chi connectivity index (χ0) is 21.6. The molecular weight excluding hydrogens is 382 g/mol. The molecule has 3 fully saturated rings. The van der Waals surface area contributed by atoms with Crippen molar-refractivity contribution in [2.24, 2.45) is 5.92 Å². The molecule has 29 heavy (non-hydrogen) atoms. The lowest BCUT2D eigenvalue weighted by molar-refractivity contribution is -0.222. The zero-order valence-electron chi connectivity index (χ0n) is 18.0. The van der Waals surface area contributed by atoms with Crippen molar-refractivity contribution in [1.29, 1.82) is 0 Å². The normalized spacial score (nSPS) is 35.9. The summed E-state index contributed by atoms with van der Waals surface area (Å²) in [7, 11) is 1.29. The molecule has 0 unspecified atom stereocenters. The van der Waals surface area contributed by atoms with Crippen LogP contribution in [0.2, 0.25) is 0 Å². The van der Waals surface area contributed by atoms with Crippen LogP contribution in [0.4, 0.5) is 0 Å². The van der Waals surface area contributed by atoms with Crippen LogP contribution in [0.3, 0.4) is 0 Å². The van der Waals surface area contributed by atoms with E-state index >= 15 is 0 Å². The molecule has 0 saturated carbocycles. The van der Waals surface area contributed by atoms with E-state index in [1.165, 1.54) is 13.2 Å². The van der Waals surface area contributed by atoms with Crippen molar-refractivity contribution in [2.45, 2.75) is 89.9 Å². The number of methoxy groups -OCH3 is 1. The average molecular weight is 413 g/mol. The molecule has 0 aromatic heterocycles. The quantitative estimate of drug-likeness (QED) is 0.531. The lowest BCUT2D eigenvalue weighted by Gasteiger charge is -2.36. The summed E-state index contributed by atoms with van der Waals surface area (Å²) in [5.74, 6) is -2.66. The van der Waals surface area contributed by atoms with Gasteiger partial charge in [-0.3, -0.25) is 4.79 Å². The number of rotatable bonds is 5. The van der Waals surface area contributed by atoms with E-state index in [1.54, 1.807) is 6.08 Å². The Morgan fingerprint density at radius 3 is 2.17 bits per heavy atom. The third-order valence-electron chi connectivity index (χ3n) is 5.05. The van der Waals surface area contributed by atoms with E-state index in [0.717, 1.165) is 0 Å². The van der Waals surface area contributed by atoms with Gasteiger partial charge in [0.25, 0.3) is 0 Å². The van der Waals surface area contributed by atoms with E-state index in [4.69, 9.17) is 28.4 Å². The van der Waals surface area contributed by atoms with E-state index in [9.17, 15) is 9.59 Å². The van der Waals surface area contributed by atoms with E-state index in [-0.39, 0.29) is 5.92 Å². The highest BCUT2D eigenvalue weighted by molar-refractivity contribution is 5.91. The van der Waals surface area contributed by atoms with E-state index < -0.39 is 60.2 Å². The Morgan fingerprint density at radius 2 is 1.55 bits per heavy atom. The number of ether oxygens (including phenoxy) is 6. The van der Waals surface area contributed by atoms with E-state index in [1.807, 2.05) is 41.5 Å². The highest BCUT2D eigenvalue weighted by atomic mass is 16.9. The second-order valence-electron chi connectivity index (χ2n) is 8.75. The first-order valence-corrected chi connectivity index (χ1v) is 9.86. The fourth-order valence-corrected chi connectivity index (χ4v) is 3.81. The minimum absolute atomic E-state index is 0.116. The zero-order valence-corrected chi connectivity index (χ0v) is 18.0. The third kappa shape index (κ3) is 4.80. The summed E-state index contributed by atoms with van der Waals surface area (Å²) in [5, 5.41) is 2.66. The van der Waals surface area contributed by atoms with Crippen LogP contribution in [0.5, 0.6) is 0 Å². The van der Waals surface area contributed by atoms with Gasteiger partial charge in [0.2, 0.25) is 5.91 Å². The van der Waals surface area contributed by atoms with Gasteiger partial charge in [-0.1, -0.05) is 13.8 Å². The van der Waals surface area contributed by atoms with Crippen molar-refractivity contribution in [2.75, 3.05) is 7.11 Å². The summed E-state index contributed by atoms with van der Waals surface area (Å²) in [6.07, 6.45) is 0.408. The minimum atomic E-state index is -0.814. The van der Waals surface area contributed by atoms with Gasteiger partial charge in [-0.15, -0.1) is 0 Å². The molecule has 9 nitrogen and oxygen atoms in total. The first-order chi connectivity index (χ1) is 13.4. The molecule has 164 valence electrons. The molecule has 0 aromatic carbocycles. The van der Waals surface area contributed by atoms with Gasteiger partial charge in [0, 0.05) is 6.08 Å². The molecule has 3 aliphatic rings. The molecular formula is C20H31NO8. The third-order valence-corrected chi connectivity index (χ3v) is 5.05. The Hall–Kier alpha value is -1.52. The van der Waals surface area contributed by atoms with Crippen LogP contribution in [-0.4, -0.2) is 67.3 Å². The van der Waals surface area contributed by atoms with Crippen molar-refractivity contribution in [1.82, 2.24) is 5.32 Å². The summed E-state index contributed by atoms with van der Waals surface area (Å²) in [5.41, 5.74) is 0. The molecule has 3 rings (SSSR count). The van der Waals surface area contributed by atoms with Crippen molar-refractivity contribution in [3.8, 4) is 0 Å². The summed E-state index contributed by atoms with van der Waals surface area (Å²) in [6.45, 7) is 10.9. The molecule has 9 heteroatoms. The monoisotopic (exact) mass is 413 g/mol. The second kappa shape index (κ2) is 7.96. The predicted molar refractivity (Wildman–Crippen MR) is 100 cm³/mol. The summed E-state index contributed by atoms with van der Waals surface area (Å²) in [4.78, 5) is 24.2. The first kappa shape index (κ1) is 22.2. The maximum absolute atomic E-state index is 12.4. The predicted octanol–water partition coefficient (Wildman–Crippen LogP) is 1.25. The highest BCUT2D eigenvalue weighted by Gasteiger charge is 2.60. The summed E-state index contributed by atoms with van der Waals surface area (Å²) in [6, 6.07) is -0.737. The SMILES string of the molecule is COC(=O)[C@@H](NC(=O)/C=C/[C@H]1O[C@@H]2OC(C)(C)O[C@@H]2[C@H]2OC(C)(C)O[C@H]21)C(C)C. The molecule has 0 aromatic rings. The smallest absolute Gasteiger partial charge is 0.328 e. The number of carbonyl (C=O) groups is 2. The Balaban J connectivity index is 1.72. The van der Waals surface area contributed by atoms with Crippen LogP contribution in [0.25, 0.3) is 0 Å². The molecule has 0 aliphatic carbocycles. The minimum Gasteiger partial charge on any atom is -0.467 e. The molecule has 6 atom stereocenters. The van der Waals surface area contributed by atoms with Crippen LogP contribution in [0.1, 0.15) is 41.5 Å². The summed E-state index contributed by atoms with van der Waals surface area (Å²) >= 11 is 0. The largest absolute Gasteiger partial charge is 0.467 e. The van der Waals surface area contributed by atoms with E-state index in [0.29, 0.717) is 0 Å². The first-order valence-electron chi connectivity index (χ1n) is 9.86. The lowest BCUT2D eigenvalue weighted by Crippen LogP contribution is -2.54. The van der Waals surface area contributed by atoms with Gasteiger partial charge in [0.1, 0.15) is 30.5 Å². The number of amides is 1. The molecule has 0 radical (unpaired) electrons. The molecule has 1 amide bonds. The Morgan fingerprint density at radius 1 is 0.966 bits per heavy atom. The molecule has 3 saturated heterocycles. The van der Waals surface area contributed by atoms with Gasteiger partial charge in [-0.25, -0.2) is 4.79 Å². The molecule has 1 N–H and O–H groups in total. The maximum atomic E-state index is 12.4. The standard InChI is InChI=1S/C20H31NO8/c1-10(2)13(17(23)24-7)21-12(22)9-8-11-14-15(27-19(3,4)26-14)16-18(25-11)29-20(5,6)28-16/h8-11,13-16,18H,1-7H3,(H,21,22)/b9-8+/t11-,13+,14+,15+,16-,18-/m1/s1. The van der Waals surface area contributed by atoms with Gasteiger partial charge in [-0.05, 0) is 39.7 Å². The maximum Gasteiger partial charge on any atom is 0.328 e. The van der Waals surface area contributed by atoms with Crippen molar-refractivity contribution < 1.29 is 38.0 Å². The van der Waals surface area contributed by atoms with Gasteiger partial charge < -0.3 is 33.7 Å². The van der Waals surface area contributed by atoms with Crippen LogP contribution >= 0.6 is 0 Å². The lowest BCUT2D eigenvalue weighted by atomic mass is 9.98. The number of hydrogen-bond acceptors (Lipinski definition) is 8. The highest BCUT2D eigenvalue weighted by Crippen LogP contribution is 2.44. The van der Waals surface area contributed by atoms with Gasteiger partial charge in [0.15, 0.2) is 17.9 Å². The molecule has 3 aliphatic heterocycles. The van der Waals surface area contributed by atoms with Crippen LogP contribution in [0, 0.1) is 5.92 Å². The average Bonchev–Trinajstić information content (AvgIpc) is 3.10. The fraction of sp³-hybridized carbons (Fsp3) is 0.800. The van der Waals surface area contributed by atoms with Crippen LogP contribution in [-0.2, 0) is 38.0 Å². The topological polar surface area (TPSA) is 102 Å². The molecule has 3 heterocycles. The Bertz CT molecular complexity index is 673. The fourth-order valence-electron chi connectivity index (χ4n) is 3.81. The van der Waals surface area contributed by atoms with Crippen molar-refractivity contribution in [3.63, 3.8) is 0 Å². The van der Waals surface area contributed by atoms with Crippen LogP contribution in [0.15, 0.2) is 12.2 Å². The Kier molecular flexibility index (Phi) is 6.08. The van der Waals surface area contributed by atoms with Crippen LogP contribution < -0.4 is 5.32 Å². The number of carbonyl (C=O) groups excluding carboxylic acids is 2. The van der Waals surface area contributed by atoms with Crippen molar-refractivity contribution >= 4 is 11.9 Å². The number of nitrogens with one attached hydrogen (secondary N) is 1. The molecule has 0 spiro atoms. The van der Waals surface area contributed by atoms with Gasteiger partial charge in [0.05, 0.1) is 7.11 Å². The Labute approximate surface area is 171 Å².